The summed E-state index contributed by atoms with van der Waals surface area (Å²) >= 11 is 0. The molecule has 1 aliphatic heterocycles. The Balaban J connectivity index is 1.42. The minimum absolute atomic E-state index is 0.140. The summed E-state index contributed by atoms with van der Waals surface area (Å²) in [4.78, 5) is 16.8. The van der Waals surface area contributed by atoms with Crippen LogP contribution in [0.15, 0.2) is 66.9 Å². The second-order valence-corrected chi connectivity index (χ2v) is 6.50. The van der Waals surface area contributed by atoms with E-state index in [1.54, 1.807) is 12.2 Å². The lowest BCUT2D eigenvalue weighted by Crippen LogP contribution is -2.08. The number of aromatic nitrogens is 2. The molecule has 0 spiro atoms. The molecule has 3 aromatic rings. The van der Waals surface area contributed by atoms with Crippen LogP contribution in [0.4, 0.5) is 5.69 Å². The van der Waals surface area contributed by atoms with E-state index in [2.05, 4.69) is 16.1 Å². The normalized spacial score (nSPS) is 13.5. The van der Waals surface area contributed by atoms with E-state index >= 15 is 0 Å². The highest BCUT2D eigenvalue weighted by Crippen LogP contribution is 2.24. The Kier molecular flexibility index (Phi) is 4.65. The summed E-state index contributed by atoms with van der Waals surface area (Å²) in [6.07, 6.45) is 8.99. The summed E-state index contributed by atoms with van der Waals surface area (Å²) < 4.78 is 2.25. The SMILES string of the molecule is O=C(/C=C/c1ccccc1)Nc1ccc(-c2cn3c(n2)CCCC3)cc1. The van der Waals surface area contributed by atoms with Gasteiger partial charge in [-0.25, -0.2) is 4.98 Å². The lowest BCUT2D eigenvalue weighted by atomic mass is 10.1. The van der Waals surface area contributed by atoms with Gasteiger partial charge in [-0.1, -0.05) is 42.5 Å². The predicted octanol–water partition coefficient (Wildman–Crippen LogP) is 4.54. The summed E-state index contributed by atoms with van der Waals surface area (Å²) in [5.74, 6) is 1.04. The van der Waals surface area contributed by atoms with Gasteiger partial charge in [0.25, 0.3) is 0 Å². The fourth-order valence-electron chi connectivity index (χ4n) is 3.20. The molecule has 4 nitrogen and oxygen atoms in total. The number of carbonyl (C=O) groups excluding carboxylic acids is 1. The lowest BCUT2D eigenvalue weighted by Gasteiger charge is -2.11. The van der Waals surface area contributed by atoms with E-state index in [4.69, 9.17) is 4.98 Å². The van der Waals surface area contributed by atoms with Crippen molar-refractivity contribution in [1.82, 2.24) is 9.55 Å². The van der Waals surface area contributed by atoms with Gasteiger partial charge in [-0.05, 0) is 36.6 Å². The van der Waals surface area contributed by atoms with Gasteiger partial charge >= 0.3 is 0 Å². The molecule has 0 bridgehead atoms. The van der Waals surface area contributed by atoms with Crippen molar-refractivity contribution in [3.63, 3.8) is 0 Å². The zero-order chi connectivity index (χ0) is 17.8. The maximum Gasteiger partial charge on any atom is 0.248 e. The summed E-state index contributed by atoms with van der Waals surface area (Å²) in [6, 6.07) is 17.6. The molecule has 0 aliphatic carbocycles. The van der Waals surface area contributed by atoms with Crippen LogP contribution in [0.2, 0.25) is 0 Å². The molecule has 0 radical (unpaired) electrons. The van der Waals surface area contributed by atoms with Crippen molar-refractivity contribution in [2.45, 2.75) is 25.8 Å². The van der Waals surface area contributed by atoms with Gasteiger partial charge in [-0.3, -0.25) is 4.79 Å². The van der Waals surface area contributed by atoms with Crippen molar-refractivity contribution in [2.75, 3.05) is 5.32 Å². The number of imidazole rings is 1. The first kappa shape index (κ1) is 16.3. The van der Waals surface area contributed by atoms with E-state index < -0.39 is 0 Å². The average molecular weight is 343 g/mol. The van der Waals surface area contributed by atoms with Crippen LogP contribution in [-0.4, -0.2) is 15.5 Å². The fraction of sp³-hybridized carbons (Fsp3) is 0.182. The average Bonchev–Trinajstić information content (AvgIpc) is 3.12. The van der Waals surface area contributed by atoms with E-state index in [-0.39, 0.29) is 5.91 Å². The highest BCUT2D eigenvalue weighted by molar-refractivity contribution is 6.02. The van der Waals surface area contributed by atoms with Crippen LogP contribution in [-0.2, 0) is 17.8 Å². The number of fused-ring (bicyclic) bond motifs is 1. The molecular formula is C22H21N3O. The molecule has 0 unspecified atom stereocenters. The van der Waals surface area contributed by atoms with Crippen molar-refractivity contribution in [3.05, 3.63) is 78.3 Å². The number of carbonyl (C=O) groups is 1. The first-order valence-corrected chi connectivity index (χ1v) is 8.98. The summed E-state index contributed by atoms with van der Waals surface area (Å²) in [5, 5.41) is 2.89. The molecule has 1 N–H and O–H groups in total. The van der Waals surface area contributed by atoms with Crippen molar-refractivity contribution in [1.29, 1.82) is 0 Å². The van der Waals surface area contributed by atoms with Crippen molar-refractivity contribution < 1.29 is 4.79 Å². The topological polar surface area (TPSA) is 46.9 Å². The van der Waals surface area contributed by atoms with Gasteiger partial charge in [0, 0.05) is 36.5 Å². The minimum Gasteiger partial charge on any atom is -0.334 e. The molecule has 130 valence electrons. The Morgan fingerprint density at radius 3 is 2.62 bits per heavy atom. The minimum atomic E-state index is -0.140. The largest absolute Gasteiger partial charge is 0.334 e. The van der Waals surface area contributed by atoms with Crippen LogP contribution < -0.4 is 5.32 Å². The van der Waals surface area contributed by atoms with Gasteiger partial charge < -0.3 is 9.88 Å². The molecule has 0 saturated carbocycles. The number of rotatable bonds is 4. The number of hydrogen-bond donors (Lipinski definition) is 1. The van der Waals surface area contributed by atoms with Crippen molar-refractivity contribution >= 4 is 17.7 Å². The summed E-state index contributed by atoms with van der Waals surface area (Å²) in [7, 11) is 0. The first-order chi connectivity index (χ1) is 12.8. The molecule has 1 aromatic heterocycles. The Morgan fingerprint density at radius 1 is 1.04 bits per heavy atom. The van der Waals surface area contributed by atoms with E-state index in [1.807, 2.05) is 54.6 Å². The molecule has 0 atom stereocenters. The number of anilines is 1. The van der Waals surface area contributed by atoms with E-state index in [9.17, 15) is 4.79 Å². The van der Waals surface area contributed by atoms with Gasteiger partial charge in [0.1, 0.15) is 5.82 Å². The van der Waals surface area contributed by atoms with Gasteiger partial charge in [0.2, 0.25) is 5.91 Å². The molecular weight excluding hydrogens is 322 g/mol. The smallest absolute Gasteiger partial charge is 0.248 e. The third kappa shape index (κ3) is 3.75. The fourth-order valence-corrected chi connectivity index (χ4v) is 3.20. The van der Waals surface area contributed by atoms with Crippen molar-refractivity contribution in [2.24, 2.45) is 0 Å². The van der Waals surface area contributed by atoms with Gasteiger partial charge in [0.15, 0.2) is 0 Å². The van der Waals surface area contributed by atoms with E-state index in [1.165, 1.54) is 18.7 Å². The molecule has 2 heterocycles. The highest BCUT2D eigenvalue weighted by Gasteiger charge is 2.13. The van der Waals surface area contributed by atoms with Crippen LogP contribution in [0.5, 0.6) is 0 Å². The maximum atomic E-state index is 12.1. The number of hydrogen-bond acceptors (Lipinski definition) is 2. The first-order valence-electron chi connectivity index (χ1n) is 8.98. The second kappa shape index (κ2) is 7.40. The molecule has 2 aromatic carbocycles. The molecule has 26 heavy (non-hydrogen) atoms. The van der Waals surface area contributed by atoms with Crippen LogP contribution in [0, 0.1) is 0 Å². The van der Waals surface area contributed by atoms with Crippen molar-refractivity contribution in [3.8, 4) is 11.3 Å². The zero-order valence-electron chi connectivity index (χ0n) is 14.6. The quantitative estimate of drug-likeness (QED) is 0.707. The molecule has 4 rings (SSSR count). The van der Waals surface area contributed by atoms with Gasteiger partial charge in [-0.2, -0.15) is 0 Å². The second-order valence-electron chi connectivity index (χ2n) is 6.50. The molecule has 0 fully saturated rings. The number of amides is 1. The van der Waals surface area contributed by atoms with E-state index in [0.717, 1.165) is 35.5 Å². The Morgan fingerprint density at radius 2 is 1.85 bits per heavy atom. The summed E-state index contributed by atoms with van der Waals surface area (Å²) in [6.45, 7) is 1.06. The van der Waals surface area contributed by atoms with Crippen LogP contribution in [0.1, 0.15) is 24.2 Å². The predicted molar refractivity (Wildman–Crippen MR) is 105 cm³/mol. The van der Waals surface area contributed by atoms with Crippen LogP contribution >= 0.6 is 0 Å². The third-order valence-corrected chi connectivity index (χ3v) is 4.58. The zero-order valence-corrected chi connectivity index (χ0v) is 14.6. The molecule has 4 heteroatoms. The maximum absolute atomic E-state index is 12.1. The monoisotopic (exact) mass is 343 g/mol. The molecule has 1 amide bonds. The lowest BCUT2D eigenvalue weighted by molar-refractivity contribution is -0.111. The standard InChI is InChI=1S/C22H21N3O/c26-22(14-9-17-6-2-1-3-7-17)23-19-12-10-18(11-13-19)20-16-25-15-5-4-8-21(25)24-20/h1-3,6-7,9-14,16H,4-5,8,15H2,(H,23,26)/b14-9+. The highest BCUT2D eigenvalue weighted by atomic mass is 16.1. The molecule has 1 aliphatic rings. The Labute approximate surface area is 153 Å². The van der Waals surface area contributed by atoms with Crippen LogP contribution in [0.3, 0.4) is 0 Å². The molecule has 0 saturated heterocycles. The number of aryl methyl sites for hydroxylation is 2. The Bertz CT molecular complexity index is 900. The number of nitrogens with zero attached hydrogens (tertiary/aromatic N) is 2. The van der Waals surface area contributed by atoms with Gasteiger partial charge in [0.05, 0.1) is 5.69 Å². The van der Waals surface area contributed by atoms with E-state index in [0.29, 0.717) is 0 Å². The van der Waals surface area contributed by atoms with Crippen LogP contribution in [0.25, 0.3) is 17.3 Å². The summed E-state index contributed by atoms with van der Waals surface area (Å²) in [5.41, 5.74) is 3.86. The number of nitrogens with one attached hydrogen (secondary N) is 1. The number of benzene rings is 2. The third-order valence-electron chi connectivity index (χ3n) is 4.58. The Hall–Kier alpha value is -3.14. The van der Waals surface area contributed by atoms with Gasteiger partial charge in [-0.15, -0.1) is 0 Å².